The third kappa shape index (κ3) is 3.32. The number of amides is 1. The first-order chi connectivity index (χ1) is 14.5. The summed E-state index contributed by atoms with van der Waals surface area (Å²) in [5, 5.41) is 1.33. The van der Waals surface area contributed by atoms with E-state index in [0.29, 0.717) is 34.3 Å². The number of carbonyl (C=O) groups excluding carboxylic acids is 1. The number of nitrogens with zero attached hydrogens (tertiary/aromatic N) is 2. The number of halogens is 2. The van der Waals surface area contributed by atoms with Gasteiger partial charge >= 0.3 is 0 Å². The fraction of sp³-hybridized carbons (Fsp3) is 0.273. The molecule has 1 aliphatic rings. The van der Waals surface area contributed by atoms with E-state index in [9.17, 15) is 9.18 Å². The minimum absolute atomic E-state index is 0.0368. The van der Waals surface area contributed by atoms with Crippen molar-refractivity contribution in [3.8, 4) is 5.75 Å². The molecule has 0 aliphatic carbocycles. The van der Waals surface area contributed by atoms with Crippen molar-refractivity contribution in [2.75, 3.05) is 20.2 Å². The Kier molecular flexibility index (Phi) is 4.87. The topological polar surface area (TPSA) is 58.2 Å². The average Bonchev–Trinajstić information content (AvgIpc) is 3.34. The van der Waals surface area contributed by atoms with Gasteiger partial charge < -0.3 is 14.6 Å². The number of nitrogens with one attached hydrogen (secondary N) is 1. The van der Waals surface area contributed by atoms with Crippen LogP contribution in [0.25, 0.3) is 21.1 Å². The largest absolute Gasteiger partial charge is 0.497 e. The first-order valence-electron chi connectivity index (χ1n) is 9.74. The number of ether oxygens (including phenoxy) is 1. The molecule has 2 aromatic carbocycles. The molecule has 0 bridgehead atoms. The van der Waals surface area contributed by atoms with Crippen molar-refractivity contribution in [2.45, 2.75) is 18.8 Å². The fourth-order valence-corrected chi connectivity index (χ4v) is 5.46. The number of fused-ring (bicyclic) bond motifs is 2. The van der Waals surface area contributed by atoms with Crippen LogP contribution in [0, 0.1) is 5.82 Å². The average molecular weight is 444 g/mol. The maximum absolute atomic E-state index is 13.4. The summed E-state index contributed by atoms with van der Waals surface area (Å²) in [7, 11) is 1.61. The van der Waals surface area contributed by atoms with Crippen molar-refractivity contribution < 1.29 is 13.9 Å². The summed E-state index contributed by atoms with van der Waals surface area (Å²) in [6, 6.07) is 10.2. The lowest BCUT2D eigenvalue weighted by Gasteiger charge is -2.31. The normalized spacial score (nSPS) is 15.2. The Hall–Kier alpha value is -2.64. The van der Waals surface area contributed by atoms with E-state index in [0.717, 1.165) is 34.3 Å². The highest BCUT2D eigenvalue weighted by atomic mass is 35.5. The van der Waals surface area contributed by atoms with Crippen molar-refractivity contribution in [2.24, 2.45) is 0 Å². The molecule has 1 N–H and O–H groups in total. The first kappa shape index (κ1) is 19.3. The molecule has 4 aromatic rings. The van der Waals surface area contributed by atoms with Crippen LogP contribution in [0.5, 0.6) is 5.75 Å². The molecule has 5 rings (SSSR count). The van der Waals surface area contributed by atoms with Crippen molar-refractivity contribution in [1.82, 2.24) is 14.9 Å². The lowest BCUT2D eigenvalue weighted by atomic mass is 9.96. The monoisotopic (exact) mass is 443 g/mol. The third-order valence-corrected chi connectivity index (χ3v) is 7.32. The molecule has 1 amide bonds. The SMILES string of the molecule is COc1ccc2sc(C(=O)N3CCC(c4nc5ccc(F)cc5[nH]4)CC3)c(Cl)c2c1. The molecular formula is C22H19ClFN3O2S. The summed E-state index contributed by atoms with van der Waals surface area (Å²) in [4.78, 5) is 23.4. The van der Waals surface area contributed by atoms with Gasteiger partial charge in [-0.15, -0.1) is 11.3 Å². The number of aromatic amines is 1. The second-order valence-electron chi connectivity index (χ2n) is 7.46. The summed E-state index contributed by atoms with van der Waals surface area (Å²) in [5.74, 6) is 1.47. The molecule has 154 valence electrons. The zero-order chi connectivity index (χ0) is 20.8. The molecule has 8 heteroatoms. The number of imidazole rings is 1. The predicted molar refractivity (Wildman–Crippen MR) is 117 cm³/mol. The zero-order valence-corrected chi connectivity index (χ0v) is 17.8. The number of methoxy groups -OCH3 is 1. The van der Waals surface area contributed by atoms with Gasteiger partial charge in [0.05, 0.1) is 23.2 Å². The highest BCUT2D eigenvalue weighted by molar-refractivity contribution is 7.21. The second-order valence-corrected chi connectivity index (χ2v) is 8.89. The van der Waals surface area contributed by atoms with E-state index in [1.807, 2.05) is 23.1 Å². The van der Waals surface area contributed by atoms with Crippen LogP contribution < -0.4 is 4.74 Å². The van der Waals surface area contributed by atoms with Gasteiger partial charge in [-0.25, -0.2) is 9.37 Å². The molecule has 1 fully saturated rings. The number of aromatic nitrogens is 2. The number of likely N-dealkylation sites (tertiary alicyclic amines) is 1. The van der Waals surface area contributed by atoms with Crippen LogP contribution in [0.2, 0.25) is 5.02 Å². The summed E-state index contributed by atoms with van der Waals surface area (Å²) in [5.41, 5.74) is 1.47. The van der Waals surface area contributed by atoms with Gasteiger partial charge in [0.1, 0.15) is 22.3 Å². The molecule has 1 saturated heterocycles. The van der Waals surface area contributed by atoms with Crippen molar-refractivity contribution in [1.29, 1.82) is 0 Å². The van der Waals surface area contributed by atoms with Gasteiger partial charge in [0, 0.05) is 29.1 Å². The van der Waals surface area contributed by atoms with Gasteiger partial charge in [-0.3, -0.25) is 4.79 Å². The molecule has 2 aromatic heterocycles. The Morgan fingerprint density at radius 2 is 2.07 bits per heavy atom. The number of benzene rings is 2. The van der Waals surface area contributed by atoms with Crippen molar-refractivity contribution in [3.05, 3.63) is 57.9 Å². The Balaban J connectivity index is 1.33. The van der Waals surface area contributed by atoms with Crippen LogP contribution in [0.3, 0.4) is 0 Å². The van der Waals surface area contributed by atoms with E-state index in [1.54, 1.807) is 13.2 Å². The highest BCUT2D eigenvalue weighted by Gasteiger charge is 2.29. The van der Waals surface area contributed by atoms with Gasteiger partial charge in [-0.05, 0) is 49.2 Å². The lowest BCUT2D eigenvalue weighted by molar-refractivity contribution is 0.0716. The number of carbonyl (C=O) groups is 1. The summed E-state index contributed by atoms with van der Waals surface area (Å²) < 4.78 is 19.7. The molecule has 0 unspecified atom stereocenters. The lowest BCUT2D eigenvalue weighted by Crippen LogP contribution is -2.37. The second kappa shape index (κ2) is 7.56. The van der Waals surface area contributed by atoms with E-state index in [4.69, 9.17) is 16.3 Å². The number of hydrogen-bond donors (Lipinski definition) is 1. The number of rotatable bonds is 3. The van der Waals surface area contributed by atoms with E-state index in [2.05, 4.69) is 9.97 Å². The van der Waals surface area contributed by atoms with E-state index in [-0.39, 0.29) is 17.6 Å². The smallest absolute Gasteiger partial charge is 0.265 e. The molecule has 1 aliphatic heterocycles. The van der Waals surface area contributed by atoms with E-state index in [1.165, 1.54) is 23.5 Å². The summed E-state index contributed by atoms with van der Waals surface area (Å²) in [6.07, 6.45) is 1.59. The maximum Gasteiger partial charge on any atom is 0.265 e. The molecule has 3 heterocycles. The Labute approximate surface area is 181 Å². The van der Waals surface area contributed by atoms with Crippen LogP contribution >= 0.6 is 22.9 Å². The van der Waals surface area contributed by atoms with Crippen LogP contribution in [0.4, 0.5) is 4.39 Å². The fourth-order valence-electron chi connectivity index (χ4n) is 4.01. The first-order valence-corrected chi connectivity index (χ1v) is 10.9. The van der Waals surface area contributed by atoms with E-state index < -0.39 is 0 Å². The maximum atomic E-state index is 13.4. The van der Waals surface area contributed by atoms with Crippen LogP contribution in [-0.2, 0) is 0 Å². The molecule has 0 spiro atoms. The number of thiophene rings is 1. The molecule has 30 heavy (non-hydrogen) atoms. The molecule has 0 atom stereocenters. The van der Waals surface area contributed by atoms with E-state index >= 15 is 0 Å². The molecule has 0 radical (unpaired) electrons. The predicted octanol–water partition coefficient (Wildman–Crippen LogP) is 5.60. The molecular weight excluding hydrogens is 425 g/mol. The van der Waals surface area contributed by atoms with Gasteiger partial charge in [0.25, 0.3) is 5.91 Å². The van der Waals surface area contributed by atoms with Gasteiger partial charge in [-0.1, -0.05) is 11.6 Å². The van der Waals surface area contributed by atoms with Crippen molar-refractivity contribution in [3.63, 3.8) is 0 Å². The number of piperidine rings is 1. The summed E-state index contributed by atoms with van der Waals surface area (Å²) >= 11 is 7.96. The van der Waals surface area contributed by atoms with Crippen LogP contribution in [0.1, 0.15) is 34.3 Å². The minimum Gasteiger partial charge on any atom is -0.497 e. The number of hydrogen-bond acceptors (Lipinski definition) is 4. The van der Waals surface area contributed by atoms with Gasteiger partial charge in [-0.2, -0.15) is 0 Å². The Morgan fingerprint density at radius 1 is 1.27 bits per heavy atom. The van der Waals surface area contributed by atoms with Crippen LogP contribution in [0.15, 0.2) is 36.4 Å². The van der Waals surface area contributed by atoms with Crippen LogP contribution in [-0.4, -0.2) is 41.0 Å². The van der Waals surface area contributed by atoms with Gasteiger partial charge in [0.15, 0.2) is 0 Å². The third-order valence-electron chi connectivity index (χ3n) is 5.66. The molecule has 0 saturated carbocycles. The highest BCUT2D eigenvalue weighted by Crippen LogP contribution is 2.39. The minimum atomic E-state index is -0.282. The Morgan fingerprint density at radius 3 is 2.83 bits per heavy atom. The van der Waals surface area contributed by atoms with Crippen molar-refractivity contribution >= 4 is 50.0 Å². The quantitative estimate of drug-likeness (QED) is 0.448. The summed E-state index contributed by atoms with van der Waals surface area (Å²) in [6.45, 7) is 1.26. The standard InChI is InChI=1S/C22H19ClFN3O2S/c1-29-14-3-5-18-15(11-14)19(23)20(30-18)22(28)27-8-6-12(7-9-27)21-25-16-4-2-13(24)10-17(16)26-21/h2-5,10-12H,6-9H2,1H3,(H,25,26). The Bertz CT molecular complexity index is 1260. The number of H-pyrrole nitrogens is 1. The zero-order valence-electron chi connectivity index (χ0n) is 16.2. The molecule has 5 nitrogen and oxygen atoms in total. The van der Waals surface area contributed by atoms with Gasteiger partial charge in [0.2, 0.25) is 0 Å².